The highest BCUT2D eigenvalue weighted by atomic mass is 35.5. The summed E-state index contributed by atoms with van der Waals surface area (Å²) < 4.78 is 52.0. The molecule has 1 aromatic heterocycles. The maximum Gasteiger partial charge on any atom is 0.240 e. The van der Waals surface area contributed by atoms with Crippen molar-refractivity contribution in [3.8, 4) is 11.6 Å². The van der Waals surface area contributed by atoms with E-state index in [1.807, 2.05) is 0 Å². The number of ether oxygens (including phenoxy) is 2. The Morgan fingerprint density at radius 2 is 1.93 bits per heavy atom. The molecule has 0 saturated heterocycles. The Kier molecular flexibility index (Phi) is 6.18. The SMILES string of the molecule is COc1ccc(S(=O)(=O)NC2CCC(Oc3ccc(Cl)cn3)CC2)cc1F. The van der Waals surface area contributed by atoms with Gasteiger partial charge in [0.2, 0.25) is 15.9 Å². The van der Waals surface area contributed by atoms with Crippen LogP contribution < -0.4 is 14.2 Å². The lowest BCUT2D eigenvalue weighted by molar-refractivity contribution is 0.138. The molecule has 1 aromatic carbocycles. The zero-order valence-corrected chi connectivity index (χ0v) is 16.3. The third kappa shape index (κ3) is 5.09. The van der Waals surface area contributed by atoms with Crippen LogP contribution in [-0.4, -0.2) is 32.7 Å². The summed E-state index contributed by atoms with van der Waals surface area (Å²) in [6.07, 6.45) is 4.11. The van der Waals surface area contributed by atoms with E-state index in [1.54, 1.807) is 12.1 Å². The predicted molar refractivity (Wildman–Crippen MR) is 99.2 cm³/mol. The van der Waals surface area contributed by atoms with Crippen LogP contribution in [0.3, 0.4) is 0 Å². The first kappa shape index (κ1) is 19.9. The molecule has 0 aliphatic heterocycles. The summed E-state index contributed by atoms with van der Waals surface area (Å²) in [4.78, 5) is 3.98. The molecule has 0 bridgehead atoms. The highest BCUT2D eigenvalue weighted by molar-refractivity contribution is 7.89. The number of rotatable bonds is 6. The molecule has 0 unspecified atom stereocenters. The van der Waals surface area contributed by atoms with E-state index in [2.05, 4.69) is 9.71 Å². The average Bonchev–Trinajstić information content (AvgIpc) is 2.65. The van der Waals surface area contributed by atoms with Gasteiger partial charge in [0.25, 0.3) is 0 Å². The van der Waals surface area contributed by atoms with Gasteiger partial charge in [-0.1, -0.05) is 11.6 Å². The topological polar surface area (TPSA) is 77.5 Å². The molecule has 146 valence electrons. The summed E-state index contributed by atoms with van der Waals surface area (Å²) in [5.41, 5.74) is 0. The fourth-order valence-electron chi connectivity index (χ4n) is 3.00. The van der Waals surface area contributed by atoms with Crippen molar-refractivity contribution in [2.75, 3.05) is 7.11 Å². The van der Waals surface area contributed by atoms with E-state index in [0.29, 0.717) is 36.6 Å². The number of nitrogens with one attached hydrogen (secondary N) is 1. The number of methoxy groups -OCH3 is 1. The first-order valence-corrected chi connectivity index (χ1v) is 10.4. The van der Waals surface area contributed by atoms with Crippen LogP contribution in [0.1, 0.15) is 25.7 Å². The van der Waals surface area contributed by atoms with Crippen molar-refractivity contribution in [1.82, 2.24) is 9.71 Å². The van der Waals surface area contributed by atoms with Crippen LogP contribution in [0.5, 0.6) is 11.6 Å². The van der Waals surface area contributed by atoms with Crippen LogP contribution in [0.25, 0.3) is 0 Å². The van der Waals surface area contributed by atoms with Gasteiger partial charge < -0.3 is 9.47 Å². The van der Waals surface area contributed by atoms with Gasteiger partial charge in [-0.05, 0) is 49.9 Å². The lowest BCUT2D eigenvalue weighted by Gasteiger charge is -2.29. The molecule has 2 aromatic rings. The average molecular weight is 415 g/mol. The Bertz CT molecular complexity index is 885. The molecule has 27 heavy (non-hydrogen) atoms. The van der Waals surface area contributed by atoms with Gasteiger partial charge in [0.15, 0.2) is 11.6 Å². The summed E-state index contributed by atoms with van der Waals surface area (Å²) in [6, 6.07) is 6.77. The molecule has 0 spiro atoms. The molecule has 1 aliphatic carbocycles. The molecular formula is C18H20ClFN2O4S. The van der Waals surface area contributed by atoms with Gasteiger partial charge in [0.05, 0.1) is 17.0 Å². The van der Waals surface area contributed by atoms with Gasteiger partial charge >= 0.3 is 0 Å². The minimum Gasteiger partial charge on any atom is -0.494 e. The van der Waals surface area contributed by atoms with Crippen molar-refractivity contribution in [3.05, 3.63) is 47.4 Å². The van der Waals surface area contributed by atoms with Crippen LogP contribution in [0.15, 0.2) is 41.4 Å². The van der Waals surface area contributed by atoms with E-state index < -0.39 is 15.8 Å². The Hall–Kier alpha value is -1.90. The molecular weight excluding hydrogens is 395 g/mol. The molecule has 9 heteroatoms. The van der Waals surface area contributed by atoms with Gasteiger partial charge in [-0.3, -0.25) is 0 Å². The van der Waals surface area contributed by atoms with Crippen LogP contribution in [0.2, 0.25) is 5.02 Å². The predicted octanol–water partition coefficient (Wildman–Crippen LogP) is 3.55. The Labute approximate surface area is 162 Å². The molecule has 1 heterocycles. The molecule has 0 amide bonds. The molecule has 0 radical (unpaired) electrons. The van der Waals surface area contributed by atoms with Crippen molar-refractivity contribution in [3.63, 3.8) is 0 Å². The molecule has 1 fully saturated rings. The van der Waals surface area contributed by atoms with Gasteiger partial charge in [-0.2, -0.15) is 0 Å². The zero-order chi connectivity index (χ0) is 19.4. The van der Waals surface area contributed by atoms with Gasteiger partial charge in [0, 0.05) is 18.3 Å². The first-order valence-electron chi connectivity index (χ1n) is 8.51. The zero-order valence-electron chi connectivity index (χ0n) is 14.7. The number of nitrogens with zero attached hydrogens (tertiary/aromatic N) is 1. The summed E-state index contributed by atoms with van der Waals surface area (Å²) in [5.74, 6) is -0.215. The second-order valence-electron chi connectivity index (χ2n) is 6.32. The Morgan fingerprint density at radius 1 is 1.19 bits per heavy atom. The molecule has 1 saturated carbocycles. The highest BCUT2D eigenvalue weighted by Crippen LogP contribution is 2.26. The summed E-state index contributed by atoms with van der Waals surface area (Å²) >= 11 is 5.80. The van der Waals surface area contributed by atoms with Crippen LogP contribution >= 0.6 is 11.6 Å². The fraction of sp³-hybridized carbons (Fsp3) is 0.389. The fourth-order valence-corrected chi connectivity index (χ4v) is 4.43. The van der Waals surface area contributed by atoms with E-state index >= 15 is 0 Å². The number of hydrogen-bond donors (Lipinski definition) is 1. The molecule has 1 N–H and O–H groups in total. The van der Waals surface area contributed by atoms with Crippen LogP contribution in [-0.2, 0) is 10.0 Å². The summed E-state index contributed by atoms with van der Waals surface area (Å²) in [5, 5.41) is 0.537. The van der Waals surface area contributed by atoms with E-state index in [4.69, 9.17) is 21.1 Å². The third-order valence-corrected chi connectivity index (χ3v) is 6.16. The number of pyridine rings is 1. The minimum atomic E-state index is -3.80. The van der Waals surface area contributed by atoms with Crippen molar-refractivity contribution in [1.29, 1.82) is 0 Å². The maximum absolute atomic E-state index is 13.8. The van der Waals surface area contributed by atoms with Crippen molar-refractivity contribution < 1.29 is 22.3 Å². The molecule has 0 atom stereocenters. The molecule has 6 nitrogen and oxygen atoms in total. The van der Waals surface area contributed by atoms with Crippen molar-refractivity contribution >= 4 is 21.6 Å². The van der Waals surface area contributed by atoms with E-state index in [-0.39, 0.29) is 22.8 Å². The largest absolute Gasteiger partial charge is 0.494 e. The Balaban J connectivity index is 1.56. The van der Waals surface area contributed by atoms with Gasteiger partial charge in [0.1, 0.15) is 6.10 Å². The van der Waals surface area contributed by atoms with Crippen LogP contribution in [0.4, 0.5) is 4.39 Å². The Morgan fingerprint density at radius 3 is 2.52 bits per heavy atom. The maximum atomic E-state index is 13.8. The van der Waals surface area contributed by atoms with E-state index in [1.165, 1.54) is 25.4 Å². The summed E-state index contributed by atoms with van der Waals surface area (Å²) in [7, 11) is -2.48. The van der Waals surface area contributed by atoms with Crippen LogP contribution in [0, 0.1) is 5.82 Å². The first-order chi connectivity index (χ1) is 12.9. The second kappa shape index (κ2) is 8.41. The van der Waals surface area contributed by atoms with E-state index in [9.17, 15) is 12.8 Å². The monoisotopic (exact) mass is 414 g/mol. The number of sulfonamides is 1. The second-order valence-corrected chi connectivity index (χ2v) is 8.47. The molecule has 1 aliphatic rings. The standard InChI is InChI=1S/C18H20ClFN2O4S/c1-25-17-8-7-15(10-16(17)20)27(23,24)22-13-3-5-14(6-4-13)26-18-9-2-12(19)11-21-18/h2,7-11,13-14,22H,3-6H2,1H3. The normalized spacial score (nSPS) is 20.3. The van der Waals surface area contributed by atoms with Gasteiger partial charge in [-0.15, -0.1) is 0 Å². The number of hydrogen-bond acceptors (Lipinski definition) is 5. The number of halogens is 2. The minimum absolute atomic E-state index is 0.00224. The lowest BCUT2D eigenvalue weighted by atomic mass is 9.94. The quantitative estimate of drug-likeness (QED) is 0.782. The lowest BCUT2D eigenvalue weighted by Crippen LogP contribution is -2.39. The van der Waals surface area contributed by atoms with Crippen molar-refractivity contribution in [2.45, 2.75) is 42.7 Å². The highest BCUT2D eigenvalue weighted by Gasteiger charge is 2.27. The molecule has 3 rings (SSSR count). The third-order valence-electron chi connectivity index (χ3n) is 4.42. The number of aromatic nitrogens is 1. The van der Waals surface area contributed by atoms with E-state index in [0.717, 1.165) is 6.07 Å². The number of benzene rings is 1. The van der Waals surface area contributed by atoms with Crippen molar-refractivity contribution in [2.24, 2.45) is 0 Å². The van der Waals surface area contributed by atoms with Gasteiger partial charge in [-0.25, -0.2) is 22.5 Å². The smallest absolute Gasteiger partial charge is 0.240 e. The summed E-state index contributed by atoms with van der Waals surface area (Å²) in [6.45, 7) is 0.